The molecule has 0 radical (unpaired) electrons. The average molecular weight is 849 g/mol. The molecule has 2 aliphatic heterocycles. The number of benzene rings is 9. The fourth-order valence-corrected chi connectivity index (χ4v) is 10.9. The van der Waals surface area contributed by atoms with Gasteiger partial charge in [0.25, 0.3) is 0 Å². The van der Waals surface area contributed by atoms with Gasteiger partial charge in [0.1, 0.15) is 23.0 Å². The van der Waals surface area contributed by atoms with Crippen LogP contribution in [-0.4, -0.2) is 9.97 Å². The summed E-state index contributed by atoms with van der Waals surface area (Å²) >= 11 is 0. The molecule has 0 atom stereocenters. The first-order valence-electron chi connectivity index (χ1n) is 22.6. The maximum Gasteiger partial charge on any atom is 0.160 e. The van der Waals surface area contributed by atoms with Gasteiger partial charge in [-0.15, -0.1) is 0 Å². The van der Waals surface area contributed by atoms with E-state index in [1.165, 1.54) is 0 Å². The number of rotatable bonds is 7. The lowest BCUT2D eigenvalue weighted by atomic mass is 9.63. The fraction of sp³-hybridized carbons (Fsp3) is 0.0645. The van der Waals surface area contributed by atoms with Crippen LogP contribution in [0.15, 0.2) is 231 Å². The molecule has 9 aromatic carbocycles. The molecule has 0 spiro atoms. The summed E-state index contributed by atoms with van der Waals surface area (Å²) in [6.07, 6.45) is 0. The minimum Gasteiger partial charge on any atom is -0.456 e. The first kappa shape index (κ1) is 39.3. The Balaban J connectivity index is 1.15. The highest BCUT2D eigenvalue weighted by Gasteiger charge is 2.47. The molecule has 0 saturated heterocycles. The van der Waals surface area contributed by atoms with E-state index in [9.17, 15) is 0 Å². The van der Waals surface area contributed by atoms with Crippen LogP contribution in [0.25, 0.3) is 33.9 Å². The lowest BCUT2D eigenvalue weighted by Crippen LogP contribution is -2.34. The van der Waals surface area contributed by atoms with Crippen molar-refractivity contribution in [2.45, 2.75) is 24.7 Å². The fourth-order valence-electron chi connectivity index (χ4n) is 10.9. The molecule has 1 aromatic heterocycles. The quantitative estimate of drug-likeness (QED) is 0.160. The van der Waals surface area contributed by atoms with Crippen molar-refractivity contribution in [3.63, 3.8) is 0 Å². The molecule has 0 N–H and O–H groups in total. The maximum absolute atomic E-state index is 7.17. The summed E-state index contributed by atoms with van der Waals surface area (Å²) in [6.45, 7) is 4.27. The summed E-state index contributed by atoms with van der Waals surface area (Å²) in [6, 6.07) is 81.5. The molecule has 0 amide bonds. The SMILES string of the molecule is Cc1cccc(C)c1-c1nc(-c2cccc3c2Oc2ccccc2C3(c2ccccc2)c2ccccc2)cc(-c2cccc3c2Oc2ccccc2C3(c2ccccc2)c2ccccc2)n1. The van der Waals surface area contributed by atoms with Crippen molar-refractivity contribution in [2.24, 2.45) is 0 Å². The van der Waals surface area contributed by atoms with E-state index in [4.69, 9.17) is 19.4 Å². The van der Waals surface area contributed by atoms with Gasteiger partial charge in [-0.1, -0.05) is 200 Å². The van der Waals surface area contributed by atoms with Crippen molar-refractivity contribution in [3.8, 4) is 56.9 Å². The maximum atomic E-state index is 7.17. The third-order valence-electron chi connectivity index (χ3n) is 13.7. The Morgan fingerprint density at radius 2 is 0.667 bits per heavy atom. The third-order valence-corrected chi connectivity index (χ3v) is 13.7. The monoisotopic (exact) mass is 848 g/mol. The molecule has 4 nitrogen and oxygen atoms in total. The van der Waals surface area contributed by atoms with Crippen LogP contribution in [0.3, 0.4) is 0 Å². The molecule has 0 saturated carbocycles. The second-order valence-corrected chi connectivity index (χ2v) is 17.3. The van der Waals surface area contributed by atoms with Gasteiger partial charge < -0.3 is 9.47 Å². The summed E-state index contributed by atoms with van der Waals surface area (Å²) in [5, 5.41) is 0. The van der Waals surface area contributed by atoms with Gasteiger partial charge in [-0.25, -0.2) is 9.97 Å². The van der Waals surface area contributed by atoms with Crippen molar-refractivity contribution >= 4 is 0 Å². The number of aromatic nitrogens is 2. The molecule has 0 aliphatic carbocycles. The Morgan fingerprint density at radius 3 is 1.06 bits per heavy atom. The van der Waals surface area contributed by atoms with E-state index in [2.05, 4.69) is 244 Å². The first-order chi connectivity index (χ1) is 32.6. The number of para-hydroxylation sites is 4. The van der Waals surface area contributed by atoms with Gasteiger partial charge in [0.05, 0.1) is 22.2 Å². The second-order valence-electron chi connectivity index (χ2n) is 17.3. The third kappa shape index (κ3) is 5.92. The second kappa shape index (κ2) is 15.7. The van der Waals surface area contributed by atoms with Gasteiger partial charge >= 0.3 is 0 Å². The molecule has 2 aliphatic rings. The topological polar surface area (TPSA) is 44.2 Å². The first-order valence-corrected chi connectivity index (χ1v) is 22.6. The van der Waals surface area contributed by atoms with E-state index in [-0.39, 0.29) is 0 Å². The minimum absolute atomic E-state index is 0.635. The molecule has 12 rings (SSSR count). The molecule has 10 aromatic rings. The summed E-state index contributed by atoms with van der Waals surface area (Å²) in [5.41, 5.74) is 13.9. The Morgan fingerprint density at radius 1 is 0.333 bits per heavy atom. The Kier molecular flexibility index (Phi) is 9.35. The van der Waals surface area contributed by atoms with Gasteiger partial charge in [0.2, 0.25) is 0 Å². The zero-order valence-corrected chi connectivity index (χ0v) is 36.7. The van der Waals surface area contributed by atoms with Gasteiger partial charge in [-0.3, -0.25) is 0 Å². The molecule has 4 heteroatoms. The van der Waals surface area contributed by atoms with Crippen LogP contribution in [0.2, 0.25) is 0 Å². The number of ether oxygens (including phenoxy) is 2. The van der Waals surface area contributed by atoms with Crippen LogP contribution in [-0.2, 0) is 10.8 Å². The smallest absolute Gasteiger partial charge is 0.160 e. The van der Waals surface area contributed by atoms with Gasteiger partial charge in [0, 0.05) is 38.9 Å². The van der Waals surface area contributed by atoms with Crippen LogP contribution in [0.4, 0.5) is 0 Å². The van der Waals surface area contributed by atoms with Crippen molar-refractivity contribution in [1.29, 1.82) is 0 Å². The molecule has 3 heterocycles. The van der Waals surface area contributed by atoms with Crippen LogP contribution < -0.4 is 9.47 Å². The van der Waals surface area contributed by atoms with E-state index in [1.807, 2.05) is 0 Å². The summed E-state index contributed by atoms with van der Waals surface area (Å²) < 4.78 is 14.3. The summed E-state index contributed by atoms with van der Waals surface area (Å²) in [5.74, 6) is 3.76. The van der Waals surface area contributed by atoms with Gasteiger partial charge in [-0.2, -0.15) is 0 Å². The van der Waals surface area contributed by atoms with E-state index >= 15 is 0 Å². The minimum atomic E-state index is -0.689. The van der Waals surface area contributed by atoms with Crippen LogP contribution in [0, 0.1) is 13.8 Å². The zero-order valence-electron chi connectivity index (χ0n) is 36.7. The largest absolute Gasteiger partial charge is 0.456 e. The number of fused-ring (bicyclic) bond motifs is 4. The standard InChI is InChI=1S/C62H44N2O2/c1-41-22-19-23-42(2)57(41)60-63-53(47-32-20-36-51-58(47)65-55-38-17-15-34-49(55)61(51,43-24-7-3-8-25-43)44-26-9-4-10-27-44)40-54(64-60)48-33-21-37-52-59(48)66-56-39-18-16-35-50(56)62(52,45-28-11-5-12-29-45)46-30-13-6-14-31-46/h3-40H,1-2H3. The molecule has 0 bridgehead atoms. The number of hydrogen-bond acceptors (Lipinski definition) is 4. The van der Waals surface area contributed by atoms with Crippen molar-refractivity contribution in [2.75, 3.05) is 0 Å². The Bertz CT molecular complexity index is 3140. The summed E-state index contributed by atoms with van der Waals surface area (Å²) in [4.78, 5) is 11.0. The van der Waals surface area contributed by atoms with Crippen LogP contribution in [0.5, 0.6) is 23.0 Å². The summed E-state index contributed by atoms with van der Waals surface area (Å²) in [7, 11) is 0. The van der Waals surface area contributed by atoms with Crippen molar-refractivity contribution in [3.05, 3.63) is 286 Å². The molecule has 0 fully saturated rings. The molecule has 66 heavy (non-hydrogen) atoms. The molecular formula is C62H44N2O2. The Hall–Kier alpha value is -8.34. The van der Waals surface area contributed by atoms with Crippen molar-refractivity contribution in [1.82, 2.24) is 9.97 Å². The van der Waals surface area contributed by atoms with Crippen LogP contribution in [0.1, 0.15) is 55.6 Å². The van der Waals surface area contributed by atoms with E-state index in [1.54, 1.807) is 0 Å². The predicted molar refractivity (Wildman–Crippen MR) is 265 cm³/mol. The zero-order chi connectivity index (χ0) is 44.2. The lowest BCUT2D eigenvalue weighted by molar-refractivity contribution is 0.436. The predicted octanol–water partition coefficient (Wildman–Crippen LogP) is 15.1. The number of nitrogens with zero attached hydrogens (tertiary/aromatic N) is 2. The molecular weight excluding hydrogens is 805 g/mol. The lowest BCUT2D eigenvalue weighted by Gasteiger charge is -2.42. The van der Waals surface area contributed by atoms with Gasteiger partial charge in [0.15, 0.2) is 5.82 Å². The number of aryl methyl sites for hydroxylation is 2. The van der Waals surface area contributed by atoms with Crippen molar-refractivity contribution < 1.29 is 9.47 Å². The highest BCUT2D eigenvalue weighted by atomic mass is 16.5. The van der Waals surface area contributed by atoms with Crippen LogP contribution >= 0.6 is 0 Å². The highest BCUT2D eigenvalue weighted by molar-refractivity contribution is 5.84. The normalized spacial score (nSPS) is 13.8. The van der Waals surface area contributed by atoms with E-state index in [0.717, 1.165) is 107 Å². The number of hydrogen-bond donors (Lipinski definition) is 0. The molecule has 0 unspecified atom stereocenters. The highest BCUT2D eigenvalue weighted by Crippen LogP contribution is 2.59. The van der Waals surface area contributed by atoms with E-state index in [0.29, 0.717) is 5.82 Å². The molecule has 314 valence electrons. The Labute approximate surface area is 385 Å². The van der Waals surface area contributed by atoms with E-state index < -0.39 is 10.8 Å². The van der Waals surface area contributed by atoms with Gasteiger partial charge in [-0.05, 0) is 77.6 Å². The average Bonchev–Trinajstić information content (AvgIpc) is 3.38.